The molecule has 0 spiro atoms. The minimum absolute atomic E-state index is 0.185. The van der Waals surface area contributed by atoms with E-state index in [1.165, 1.54) is 0 Å². The summed E-state index contributed by atoms with van der Waals surface area (Å²) >= 11 is 7.16. The summed E-state index contributed by atoms with van der Waals surface area (Å²) in [4.78, 5) is 28.4. The van der Waals surface area contributed by atoms with E-state index < -0.39 is 5.91 Å². The van der Waals surface area contributed by atoms with Crippen molar-refractivity contribution in [1.82, 2.24) is 0 Å². The van der Waals surface area contributed by atoms with Crippen LogP contribution in [0.15, 0.2) is 70.6 Å². The first kappa shape index (κ1) is 20.0. The fourth-order valence-electron chi connectivity index (χ4n) is 2.99. The molecule has 0 unspecified atom stereocenters. The maximum atomic E-state index is 12.5. The number of carbonyl (C=O) groups is 2. The van der Waals surface area contributed by atoms with Crippen LogP contribution in [0.25, 0.3) is 16.8 Å². The van der Waals surface area contributed by atoms with Crippen molar-refractivity contribution in [1.29, 1.82) is 0 Å². The molecular formula is C22H16ClN3O3S. The van der Waals surface area contributed by atoms with Crippen LogP contribution in [0.5, 0.6) is 5.75 Å². The average Bonchev–Trinajstić information content (AvgIpc) is 3.04. The van der Waals surface area contributed by atoms with Gasteiger partial charge in [0.15, 0.2) is 11.8 Å². The monoisotopic (exact) mass is 437 g/mol. The number of halogens is 1. The van der Waals surface area contributed by atoms with Gasteiger partial charge < -0.3 is 15.8 Å². The Morgan fingerprint density at radius 1 is 1.17 bits per heavy atom. The number of hydrogen-bond donors (Lipinski definition) is 2. The smallest absolute Gasteiger partial charge is 0.286 e. The normalized spacial score (nSPS) is 14.8. The van der Waals surface area contributed by atoms with Crippen molar-refractivity contribution in [2.75, 3.05) is 11.9 Å². The van der Waals surface area contributed by atoms with Crippen LogP contribution in [0, 0.1) is 0 Å². The first-order valence-corrected chi connectivity index (χ1v) is 10.2. The predicted octanol–water partition coefficient (Wildman–Crippen LogP) is 4.44. The molecule has 0 radical (unpaired) electrons. The summed E-state index contributed by atoms with van der Waals surface area (Å²) in [5.74, 6) is -0.310. The quantitative estimate of drug-likeness (QED) is 0.575. The number of rotatable bonds is 5. The molecule has 0 saturated carbocycles. The number of aliphatic imine (C=N–C) groups is 1. The van der Waals surface area contributed by atoms with Gasteiger partial charge in [-0.2, -0.15) is 4.99 Å². The molecular weight excluding hydrogens is 422 g/mol. The maximum Gasteiger partial charge on any atom is 0.286 e. The topological polar surface area (TPSA) is 93.8 Å². The molecule has 0 saturated heterocycles. The highest BCUT2D eigenvalue weighted by atomic mass is 35.5. The zero-order valence-electron chi connectivity index (χ0n) is 15.6. The third-order valence-electron chi connectivity index (χ3n) is 4.32. The molecule has 0 aromatic heterocycles. The number of benzene rings is 3. The van der Waals surface area contributed by atoms with Gasteiger partial charge in [-0.3, -0.25) is 9.59 Å². The summed E-state index contributed by atoms with van der Waals surface area (Å²) in [5.41, 5.74) is 6.86. The molecule has 3 aromatic rings. The Bertz CT molecular complexity index is 1220. The molecule has 3 aromatic carbocycles. The molecule has 1 aliphatic rings. The first-order valence-electron chi connectivity index (χ1n) is 8.97. The lowest BCUT2D eigenvalue weighted by molar-refractivity contribution is -0.118. The van der Waals surface area contributed by atoms with E-state index >= 15 is 0 Å². The number of thioether (sulfide) groups is 1. The number of amides is 2. The highest BCUT2D eigenvalue weighted by molar-refractivity contribution is 8.18. The van der Waals surface area contributed by atoms with Crippen LogP contribution in [-0.4, -0.2) is 23.6 Å². The zero-order chi connectivity index (χ0) is 21.1. The number of fused-ring (bicyclic) bond motifs is 1. The van der Waals surface area contributed by atoms with Gasteiger partial charge in [-0.25, -0.2) is 0 Å². The molecule has 3 N–H and O–H groups in total. The molecule has 1 aliphatic heterocycles. The van der Waals surface area contributed by atoms with Crippen molar-refractivity contribution in [2.24, 2.45) is 10.7 Å². The minimum atomic E-state index is -0.419. The van der Waals surface area contributed by atoms with Crippen molar-refractivity contribution in [3.8, 4) is 5.75 Å². The third-order valence-corrected chi connectivity index (χ3v) is 5.37. The van der Waals surface area contributed by atoms with Crippen LogP contribution >= 0.6 is 23.4 Å². The van der Waals surface area contributed by atoms with Gasteiger partial charge in [0.1, 0.15) is 5.75 Å². The van der Waals surface area contributed by atoms with Gasteiger partial charge in [0, 0.05) is 21.7 Å². The van der Waals surface area contributed by atoms with E-state index in [4.69, 9.17) is 22.1 Å². The van der Waals surface area contributed by atoms with Crippen LogP contribution in [0.4, 0.5) is 5.69 Å². The lowest BCUT2D eigenvalue weighted by atomic mass is 10.1. The number of nitrogens with one attached hydrogen (secondary N) is 1. The molecule has 4 rings (SSSR count). The maximum absolute atomic E-state index is 12.5. The molecule has 2 amide bonds. The minimum Gasteiger partial charge on any atom is -0.483 e. The first-order chi connectivity index (χ1) is 14.5. The lowest BCUT2D eigenvalue weighted by Crippen LogP contribution is -2.20. The van der Waals surface area contributed by atoms with Crippen molar-refractivity contribution >= 4 is 62.9 Å². The summed E-state index contributed by atoms with van der Waals surface area (Å²) in [6.45, 7) is -0.208. The standard InChI is InChI=1S/C22H16ClN3O3S/c23-15-8-9-18(14(10-15)11-19-21(28)26-22(24)30-19)29-12-20(27)25-17-7-3-5-13-4-1-2-6-16(13)17/h1-11H,12H2,(H,25,27)(H2,24,26,28)/b19-11-. The Balaban J connectivity index is 1.49. The molecule has 6 nitrogen and oxygen atoms in total. The Morgan fingerprint density at radius 2 is 1.97 bits per heavy atom. The molecule has 30 heavy (non-hydrogen) atoms. The van der Waals surface area contributed by atoms with Crippen LogP contribution in [0.2, 0.25) is 5.02 Å². The van der Waals surface area contributed by atoms with Crippen molar-refractivity contribution < 1.29 is 14.3 Å². The van der Waals surface area contributed by atoms with E-state index in [2.05, 4.69) is 10.3 Å². The number of anilines is 1. The molecule has 150 valence electrons. The summed E-state index contributed by atoms with van der Waals surface area (Å²) in [6.07, 6.45) is 1.60. The van der Waals surface area contributed by atoms with E-state index in [0.29, 0.717) is 26.9 Å². The summed E-state index contributed by atoms with van der Waals surface area (Å²) < 4.78 is 5.71. The highest BCUT2D eigenvalue weighted by Crippen LogP contribution is 2.31. The second-order valence-corrected chi connectivity index (χ2v) is 7.91. The van der Waals surface area contributed by atoms with Crippen molar-refractivity contribution in [3.05, 3.63) is 76.2 Å². The second kappa shape index (κ2) is 8.61. The number of amidine groups is 1. The molecule has 0 aliphatic carbocycles. The van der Waals surface area contributed by atoms with E-state index in [9.17, 15) is 9.59 Å². The molecule has 0 fully saturated rings. The van der Waals surface area contributed by atoms with Gasteiger partial charge >= 0.3 is 0 Å². The van der Waals surface area contributed by atoms with Gasteiger partial charge in [-0.15, -0.1) is 0 Å². The largest absolute Gasteiger partial charge is 0.483 e. The Hall–Kier alpha value is -3.29. The molecule has 1 heterocycles. The number of nitrogens with two attached hydrogens (primary N) is 1. The van der Waals surface area contributed by atoms with E-state index in [-0.39, 0.29) is 17.7 Å². The van der Waals surface area contributed by atoms with Gasteiger partial charge in [0.25, 0.3) is 11.8 Å². The van der Waals surface area contributed by atoms with Gasteiger partial charge in [-0.1, -0.05) is 48.0 Å². The van der Waals surface area contributed by atoms with E-state index in [0.717, 1.165) is 22.5 Å². The van der Waals surface area contributed by atoms with Crippen molar-refractivity contribution in [2.45, 2.75) is 0 Å². The molecule has 0 bridgehead atoms. The Labute approximate surface area is 181 Å². The van der Waals surface area contributed by atoms with Crippen molar-refractivity contribution in [3.63, 3.8) is 0 Å². The van der Waals surface area contributed by atoms with Gasteiger partial charge in [0.2, 0.25) is 0 Å². The second-order valence-electron chi connectivity index (χ2n) is 6.41. The van der Waals surface area contributed by atoms with E-state index in [1.54, 1.807) is 24.3 Å². The predicted molar refractivity (Wildman–Crippen MR) is 122 cm³/mol. The summed E-state index contributed by atoms with van der Waals surface area (Å²) in [7, 11) is 0. The molecule has 8 heteroatoms. The molecule has 0 atom stereocenters. The third kappa shape index (κ3) is 4.48. The number of carbonyl (C=O) groups excluding carboxylic acids is 2. The number of hydrogen-bond acceptors (Lipinski definition) is 5. The Kier molecular flexibility index (Phi) is 5.74. The Morgan fingerprint density at radius 3 is 2.77 bits per heavy atom. The van der Waals surface area contributed by atoms with Gasteiger partial charge in [-0.05, 0) is 47.5 Å². The summed E-state index contributed by atoms with van der Waals surface area (Å²) in [5, 5.41) is 5.50. The van der Waals surface area contributed by atoms with Gasteiger partial charge in [0.05, 0.1) is 4.91 Å². The fraction of sp³-hybridized carbons (Fsp3) is 0.0455. The number of nitrogens with zero attached hydrogens (tertiary/aromatic N) is 1. The van der Waals surface area contributed by atoms with Crippen LogP contribution < -0.4 is 15.8 Å². The van der Waals surface area contributed by atoms with Crippen LogP contribution in [0.1, 0.15) is 5.56 Å². The number of ether oxygens (including phenoxy) is 1. The summed E-state index contributed by atoms with van der Waals surface area (Å²) in [6, 6.07) is 18.4. The lowest BCUT2D eigenvalue weighted by Gasteiger charge is -2.12. The van der Waals surface area contributed by atoms with E-state index in [1.807, 2.05) is 42.5 Å². The highest BCUT2D eigenvalue weighted by Gasteiger charge is 2.20. The average molecular weight is 438 g/mol. The van der Waals surface area contributed by atoms with Crippen LogP contribution in [0.3, 0.4) is 0 Å². The SMILES string of the molecule is NC1=NC(=O)/C(=C/c2cc(Cl)ccc2OCC(=O)Nc2cccc3ccccc23)S1. The zero-order valence-corrected chi connectivity index (χ0v) is 17.2. The van der Waals surface area contributed by atoms with Crippen LogP contribution in [-0.2, 0) is 9.59 Å². The fourth-order valence-corrected chi connectivity index (χ4v) is 3.85.